The lowest BCUT2D eigenvalue weighted by molar-refractivity contribution is 0.0964. The molecule has 0 saturated heterocycles. The zero-order chi connectivity index (χ0) is 27.4. The maximum Gasteiger partial charge on any atom is 0.255 e. The summed E-state index contributed by atoms with van der Waals surface area (Å²) >= 11 is 0. The van der Waals surface area contributed by atoms with Crippen LogP contribution in [0.15, 0.2) is 65.1 Å². The normalized spacial score (nSPS) is 11.2. The van der Waals surface area contributed by atoms with E-state index in [2.05, 4.69) is 11.4 Å². The summed E-state index contributed by atoms with van der Waals surface area (Å²) in [6.45, 7) is 0.0441. The van der Waals surface area contributed by atoms with Crippen molar-refractivity contribution in [3.05, 3.63) is 83.2 Å². The van der Waals surface area contributed by atoms with Gasteiger partial charge in [0.1, 0.15) is 41.1 Å². The second-order valence-electron chi connectivity index (χ2n) is 8.43. The fourth-order valence-electron chi connectivity index (χ4n) is 3.90. The van der Waals surface area contributed by atoms with Crippen molar-refractivity contribution < 1.29 is 31.6 Å². The van der Waals surface area contributed by atoms with Crippen molar-refractivity contribution in [1.29, 1.82) is 5.26 Å². The highest BCUT2D eigenvalue weighted by Crippen LogP contribution is 2.41. The van der Waals surface area contributed by atoms with Gasteiger partial charge in [-0.2, -0.15) is 5.26 Å². The van der Waals surface area contributed by atoms with E-state index in [0.29, 0.717) is 22.1 Å². The van der Waals surface area contributed by atoms with Crippen LogP contribution in [0.1, 0.15) is 21.5 Å². The van der Waals surface area contributed by atoms with Crippen molar-refractivity contribution in [2.24, 2.45) is 0 Å². The zero-order valence-electron chi connectivity index (χ0n) is 20.8. The molecule has 4 aromatic rings. The van der Waals surface area contributed by atoms with Crippen molar-refractivity contribution in [1.82, 2.24) is 5.32 Å². The maximum atomic E-state index is 13.6. The van der Waals surface area contributed by atoms with E-state index in [4.69, 9.17) is 14.0 Å². The summed E-state index contributed by atoms with van der Waals surface area (Å²) in [7, 11) is -0.726. The van der Waals surface area contributed by atoms with Crippen LogP contribution in [0.3, 0.4) is 0 Å². The molecule has 1 aromatic heterocycles. The Morgan fingerprint density at radius 1 is 1.16 bits per heavy atom. The van der Waals surface area contributed by atoms with Gasteiger partial charge in [-0.15, -0.1) is 0 Å². The largest absolute Gasteiger partial charge is 0.487 e. The van der Waals surface area contributed by atoms with Gasteiger partial charge in [-0.3, -0.25) is 9.63 Å². The van der Waals surface area contributed by atoms with E-state index in [1.807, 2.05) is 0 Å². The van der Waals surface area contributed by atoms with Crippen LogP contribution in [0.25, 0.3) is 22.3 Å². The van der Waals surface area contributed by atoms with Gasteiger partial charge >= 0.3 is 0 Å². The summed E-state index contributed by atoms with van der Waals surface area (Å²) in [5.74, 6) is -0.953. The number of halogens is 1. The first kappa shape index (κ1) is 26.7. The van der Waals surface area contributed by atoms with E-state index in [1.54, 1.807) is 30.3 Å². The molecule has 9 nitrogen and oxygen atoms in total. The van der Waals surface area contributed by atoms with E-state index in [0.717, 1.165) is 11.3 Å². The average molecular weight is 538 g/mol. The third-order valence-electron chi connectivity index (χ3n) is 5.62. The quantitative estimate of drug-likeness (QED) is 0.312. The molecule has 196 valence electrons. The fourth-order valence-corrected chi connectivity index (χ4v) is 4.57. The van der Waals surface area contributed by atoms with Crippen LogP contribution in [0.4, 0.5) is 10.1 Å². The molecule has 0 aliphatic rings. The van der Waals surface area contributed by atoms with Crippen LogP contribution >= 0.6 is 0 Å². The molecule has 1 heterocycles. The van der Waals surface area contributed by atoms with Gasteiger partial charge < -0.3 is 14.5 Å². The molecule has 0 unspecified atom stereocenters. The Bertz CT molecular complexity index is 1640. The average Bonchev–Trinajstić information content (AvgIpc) is 3.28. The monoisotopic (exact) mass is 537 g/mol. The molecule has 0 radical (unpaired) electrons. The number of rotatable bonds is 9. The second kappa shape index (κ2) is 10.9. The lowest BCUT2D eigenvalue weighted by Gasteiger charge is -2.23. The minimum Gasteiger partial charge on any atom is -0.487 e. The number of nitrogens with one attached hydrogen (secondary N) is 1. The Kier molecular flexibility index (Phi) is 7.66. The molecule has 1 amide bonds. The van der Waals surface area contributed by atoms with E-state index >= 15 is 0 Å². The van der Waals surface area contributed by atoms with Crippen molar-refractivity contribution in [3.63, 3.8) is 0 Å². The molecule has 0 aliphatic heterocycles. The van der Waals surface area contributed by atoms with Crippen LogP contribution < -0.4 is 15.1 Å². The molecule has 1 N–H and O–H groups in total. The Morgan fingerprint density at radius 3 is 2.53 bits per heavy atom. The number of hydrogen-bond acceptors (Lipinski definition) is 8. The van der Waals surface area contributed by atoms with Crippen molar-refractivity contribution in [2.45, 2.75) is 6.61 Å². The topological polar surface area (TPSA) is 122 Å². The molecule has 0 aliphatic carbocycles. The Balaban J connectivity index is 1.90. The third-order valence-corrected chi connectivity index (χ3v) is 6.32. The maximum absolute atomic E-state index is 13.6. The first-order valence-electron chi connectivity index (χ1n) is 11.3. The number of fused-ring (bicyclic) bond motifs is 1. The first-order valence-corrected chi connectivity index (χ1v) is 13.4. The number of ether oxygens (including phenoxy) is 1. The number of nitrogens with zero attached hydrogens (tertiary/aromatic N) is 2. The van der Waals surface area contributed by atoms with Gasteiger partial charge in [-0.25, -0.2) is 17.9 Å². The molecule has 38 heavy (non-hydrogen) atoms. The van der Waals surface area contributed by atoms with Crippen molar-refractivity contribution in [2.75, 3.05) is 31.4 Å². The van der Waals surface area contributed by atoms with Gasteiger partial charge in [0, 0.05) is 30.3 Å². The zero-order valence-corrected chi connectivity index (χ0v) is 21.6. The summed E-state index contributed by atoms with van der Waals surface area (Å²) in [4.78, 5) is 18.3. The van der Waals surface area contributed by atoms with Gasteiger partial charge in [0.25, 0.3) is 5.91 Å². The smallest absolute Gasteiger partial charge is 0.255 e. The van der Waals surface area contributed by atoms with Gasteiger partial charge in [-0.05, 0) is 48.0 Å². The number of amides is 1. The first-order chi connectivity index (χ1) is 18.1. The van der Waals surface area contributed by atoms with E-state index in [1.165, 1.54) is 44.5 Å². The lowest BCUT2D eigenvalue weighted by Crippen LogP contribution is -2.28. The highest BCUT2D eigenvalue weighted by atomic mass is 32.2. The van der Waals surface area contributed by atoms with Crippen LogP contribution in [-0.2, 0) is 21.3 Å². The lowest BCUT2D eigenvalue weighted by atomic mass is 10.0. The number of anilines is 1. The number of sulfone groups is 1. The van der Waals surface area contributed by atoms with E-state index < -0.39 is 27.4 Å². The number of carbonyl (C=O) groups is 1. The molecule has 0 bridgehead atoms. The summed E-state index contributed by atoms with van der Waals surface area (Å²) in [5.41, 5.74) is 2.32. The summed E-state index contributed by atoms with van der Waals surface area (Å²) in [5, 5.41) is 13.3. The molecule has 0 fully saturated rings. The molecule has 0 saturated carbocycles. The number of benzene rings is 3. The van der Waals surface area contributed by atoms with Gasteiger partial charge in [0.05, 0.1) is 24.3 Å². The Hall–Kier alpha value is -4.40. The molecule has 0 spiro atoms. The number of carbonyl (C=O) groups excluding carboxylic acids is 1. The van der Waals surface area contributed by atoms with Gasteiger partial charge in [0.2, 0.25) is 0 Å². The second-order valence-corrected chi connectivity index (χ2v) is 10.5. The number of hydroxylamine groups is 1. The van der Waals surface area contributed by atoms with Gasteiger partial charge in [0.15, 0.2) is 9.84 Å². The van der Waals surface area contributed by atoms with E-state index in [9.17, 15) is 22.9 Å². The standard InChI is InChI=1S/C27H24FN3O6S/c1-30-27(32)25-21-12-24(36-15-18-6-4-5-17(11-18)14-29)22(31(35-2)16-38(3,33)34)13-23(21)37-26(25)19-7-9-20(28)10-8-19/h4-13H,15-16H2,1-3H3,(H,30,32). The molecule has 4 rings (SSSR count). The predicted molar refractivity (Wildman–Crippen MR) is 140 cm³/mol. The summed E-state index contributed by atoms with van der Waals surface area (Å²) in [6, 6.07) is 17.5. The van der Waals surface area contributed by atoms with Crippen molar-refractivity contribution in [3.8, 4) is 23.1 Å². The van der Waals surface area contributed by atoms with E-state index in [-0.39, 0.29) is 35.0 Å². The Labute approximate surface area is 218 Å². The molecular weight excluding hydrogens is 513 g/mol. The Morgan fingerprint density at radius 2 is 1.89 bits per heavy atom. The SMILES string of the molecule is CNC(=O)c1c(-c2ccc(F)cc2)oc2cc(N(CS(C)(=O)=O)OC)c(OCc3cccc(C#N)c3)cc12. The molecule has 3 aromatic carbocycles. The summed E-state index contributed by atoms with van der Waals surface area (Å²) in [6.07, 6.45) is 1.06. The minimum atomic E-state index is -3.52. The third kappa shape index (κ3) is 5.77. The molecular formula is C27H24FN3O6S. The minimum absolute atomic E-state index is 0.0441. The van der Waals surface area contributed by atoms with Gasteiger partial charge in [-0.1, -0.05) is 12.1 Å². The highest BCUT2D eigenvalue weighted by molar-refractivity contribution is 7.90. The summed E-state index contributed by atoms with van der Waals surface area (Å²) < 4.78 is 49.9. The number of hydrogen-bond donors (Lipinski definition) is 1. The van der Waals surface area contributed by atoms with Crippen LogP contribution in [0.2, 0.25) is 0 Å². The number of furan rings is 1. The number of nitriles is 1. The van der Waals surface area contributed by atoms with Crippen LogP contribution in [0.5, 0.6) is 5.75 Å². The highest BCUT2D eigenvalue weighted by Gasteiger charge is 2.26. The van der Waals surface area contributed by atoms with Crippen molar-refractivity contribution >= 4 is 32.4 Å². The van der Waals surface area contributed by atoms with Crippen LogP contribution in [-0.4, -0.2) is 40.6 Å². The molecule has 0 atom stereocenters. The fraction of sp³-hybridized carbons (Fsp3) is 0.185. The predicted octanol–water partition coefficient (Wildman–Crippen LogP) is 4.42. The molecule has 11 heteroatoms. The van der Waals surface area contributed by atoms with Crippen LogP contribution in [0, 0.1) is 17.1 Å².